The molecule has 1 aromatic heterocycles. The number of hydrogen-bond donors (Lipinski definition) is 0. The molecule has 3 aromatic rings. The Labute approximate surface area is 148 Å². The molecular weight excluding hydrogens is 368 g/mol. The third-order valence-electron chi connectivity index (χ3n) is 4.16. The van der Waals surface area contributed by atoms with E-state index in [0.717, 1.165) is 33.4 Å². The zero-order valence-electron chi connectivity index (χ0n) is 12.9. The molecule has 0 atom stereocenters. The van der Waals surface area contributed by atoms with Crippen molar-refractivity contribution >= 4 is 44.2 Å². The van der Waals surface area contributed by atoms with E-state index in [9.17, 15) is 4.79 Å². The number of halogens is 1. The van der Waals surface area contributed by atoms with Gasteiger partial charge in [0.25, 0.3) is 0 Å². The maximum absolute atomic E-state index is 12.6. The molecule has 120 valence electrons. The minimum atomic E-state index is 0.0780. The van der Waals surface area contributed by atoms with Gasteiger partial charge in [-0.3, -0.25) is 4.79 Å². The van der Waals surface area contributed by atoms with Crippen molar-refractivity contribution < 1.29 is 4.79 Å². The van der Waals surface area contributed by atoms with Gasteiger partial charge in [0.1, 0.15) is 12.1 Å². The van der Waals surface area contributed by atoms with Crippen LogP contribution < -0.4 is 9.80 Å². The SMILES string of the molecule is O=C1CN(c2ncnc3ccc(Br)cc23)CCN1c1ccccc1. The van der Waals surface area contributed by atoms with Crippen molar-refractivity contribution in [3.05, 3.63) is 59.3 Å². The summed E-state index contributed by atoms with van der Waals surface area (Å²) < 4.78 is 0.972. The highest BCUT2D eigenvalue weighted by atomic mass is 79.9. The minimum Gasteiger partial charge on any atom is -0.345 e. The highest BCUT2D eigenvalue weighted by Crippen LogP contribution is 2.27. The number of hydrogen-bond acceptors (Lipinski definition) is 4. The van der Waals surface area contributed by atoms with Gasteiger partial charge in [0, 0.05) is 28.6 Å². The van der Waals surface area contributed by atoms with Crippen LogP contribution in [0.2, 0.25) is 0 Å². The number of piperazine rings is 1. The molecule has 0 radical (unpaired) electrons. The first-order valence-electron chi connectivity index (χ1n) is 7.73. The minimum absolute atomic E-state index is 0.0780. The highest BCUT2D eigenvalue weighted by Gasteiger charge is 2.26. The van der Waals surface area contributed by atoms with Gasteiger partial charge in [-0.25, -0.2) is 9.97 Å². The van der Waals surface area contributed by atoms with E-state index in [4.69, 9.17) is 0 Å². The first-order chi connectivity index (χ1) is 11.7. The maximum atomic E-state index is 12.6. The summed E-state index contributed by atoms with van der Waals surface area (Å²) in [5.41, 5.74) is 1.82. The lowest BCUT2D eigenvalue weighted by Gasteiger charge is -2.35. The molecule has 0 spiro atoms. The first-order valence-corrected chi connectivity index (χ1v) is 8.52. The summed E-state index contributed by atoms with van der Waals surface area (Å²) in [7, 11) is 0. The second-order valence-electron chi connectivity index (χ2n) is 5.66. The summed E-state index contributed by atoms with van der Waals surface area (Å²) in [6.07, 6.45) is 1.56. The molecular formula is C18H15BrN4O. The number of fused-ring (bicyclic) bond motifs is 1. The smallest absolute Gasteiger partial charge is 0.246 e. The molecule has 1 fully saturated rings. The molecule has 0 N–H and O–H groups in total. The zero-order valence-corrected chi connectivity index (χ0v) is 14.5. The standard InChI is InChI=1S/C18H15BrN4O/c19-13-6-7-16-15(10-13)18(21-12-20-16)22-8-9-23(17(24)11-22)14-4-2-1-3-5-14/h1-7,10,12H,8-9,11H2. The Morgan fingerprint density at radius 2 is 1.83 bits per heavy atom. The van der Waals surface area contributed by atoms with Gasteiger partial charge >= 0.3 is 0 Å². The zero-order chi connectivity index (χ0) is 16.5. The predicted octanol–water partition coefficient (Wildman–Crippen LogP) is 3.25. The van der Waals surface area contributed by atoms with E-state index >= 15 is 0 Å². The number of aromatic nitrogens is 2. The Kier molecular flexibility index (Phi) is 3.90. The molecule has 0 unspecified atom stereocenters. The van der Waals surface area contributed by atoms with E-state index in [1.165, 1.54) is 0 Å². The summed E-state index contributed by atoms with van der Waals surface area (Å²) in [6, 6.07) is 15.7. The number of anilines is 2. The van der Waals surface area contributed by atoms with Gasteiger partial charge in [0.2, 0.25) is 5.91 Å². The van der Waals surface area contributed by atoms with Crippen LogP contribution in [0.1, 0.15) is 0 Å². The van der Waals surface area contributed by atoms with E-state index in [-0.39, 0.29) is 5.91 Å². The van der Waals surface area contributed by atoms with Crippen LogP contribution in [-0.2, 0) is 4.79 Å². The van der Waals surface area contributed by atoms with Crippen LogP contribution in [0.5, 0.6) is 0 Å². The van der Waals surface area contributed by atoms with E-state index in [2.05, 4.69) is 25.9 Å². The number of benzene rings is 2. The fourth-order valence-corrected chi connectivity index (χ4v) is 3.36. The molecule has 4 rings (SSSR count). The Morgan fingerprint density at radius 3 is 2.62 bits per heavy atom. The highest BCUT2D eigenvalue weighted by molar-refractivity contribution is 9.10. The molecule has 5 nitrogen and oxygen atoms in total. The van der Waals surface area contributed by atoms with Crippen LogP contribution in [0.4, 0.5) is 11.5 Å². The van der Waals surface area contributed by atoms with Crippen LogP contribution in [0, 0.1) is 0 Å². The van der Waals surface area contributed by atoms with Crippen LogP contribution in [0.3, 0.4) is 0 Å². The summed E-state index contributed by atoms with van der Waals surface area (Å²) in [6.45, 7) is 1.69. The average molecular weight is 383 g/mol. The van der Waals surface area contributed by atoms with Gasteiger partial charge in [-0.1, -0.05) is 34.1 Å². The summed E-state index contributed by atoms with van der Waals surface area (Å²) in [4.78, 5) is 25.2. The second kappa shape index (κ2) is 6.20. The Morgan fingerprint density at radius 1 is 1.00 bits per heavy atom. The molecule has 2 heterocycles. The van der Waals surface area contributed by atoms with Crippen LogP contribution >= 0.6 is 15.9 Å². The van der Waals surface area contributed by atoms with Crippen molar-refractivity contribution in [1.29, 1.82) is 0 Å². The molecule has 1 amide bonds. The largest absolute Gasteiger partial charge is 0.345 e. The fourth-order valence-electron chi connectivity index (χ4n) is 3.00. The van der Waals surface area contributed by atoms with Gasteiger partial charge in [-0.15, -0.1) is 0 Å². The van der Waals surface area contributed by atoms with E-state index in [1.807, 2.05) is 58.3 Å². The number of nitrogens with zero attached hydrogens (tertiary/aromatic N) is 4. The lowest BCUT2D eigenvalue weighted by Crippen LogP contribution is -2.51. The number of carbonyl (C=O) groups is 1. The molecule has 0 saturated carbocycles. The molecule has 24 heavy (non-hydrogen) atoms. The lowest BCUT2D eigenvalue weighted by atomic mass is 10.2. The van der Waals surface area contributed by atoms with Gasteiger partial charge in [0.15, 0.2) is 0 Å². The molecule has 1 aliphatic rings. The third kappa shape index (κ3) is 2.73. The molecule has 2 aromatic carbocycles. The Bertz CT molecular complexity index is 900. The quantitative estimate of drug-likeness (QED) is 0.682. The average Bonchev–Trinajstić information content (AvgIpc) is 2.62. The van der Waals surface area contributed by atoms with Crippen molar-refractivity contribution in [3.8, 4) is 0 Å². The van der Waals surface area contributed by atoms with Crippen molar-refractivity contribution in [2.24, 2.45) is 0 Å². The molecule has 0 bridgehead atoms. The van der Waals surface area contributed by atoms with Crippen molar-refractivity contribution in [2.45, 2.75) is 0 Å². The molecule has 0 aliphatic carbocycles. The maximum Gasteiger partial charge on any atom is 0.246 e. The van der Waals surface area contributed by atoms with E-state index in [0.29, 0.717) is 13.1 Å². The Hall–Kier alpha value is -2.47. The number of carbonyl (C=O) groups excluding carboxylic acids is 1. The lowest BCUT2D eigenvalue weighted by molar-refractivity contribution is -0.117. The van der Waals surface area contributed by atoms with Crippen molar-refractivity contribution in [3.63, 3.8) is 0 Å². The van der Waals surface area contributed by atoms with Gasteiger partial charge in [-0.05, 0) is 30.3 Å². The fraction of sp³-hybridized carbons (Fsp3) is 0.167. The predicted molar refractivity (Wildman–Crippen MR) is 98.2 cm³/mol. The van der Waals surface area contributed by atoms with Crippen molar-refractivity contribution in [1.82, 2.24) is 9.97 Å². The molecule has 1 saturated heterocycles. The number of rotatable bonds is 2. The summed E-state index contributed by atoms with van der Waals surface area (Å²) in [5.74, 6) is 0.886. The van der Waals surface area contributed by atoms with Crippen molar-refractivity contribution in [2.75, 3.05) is 29.4 Å². The summed E-state index contributed by atoms with van der Waals surface area (Å²) in [5, 5.41) is 0.952. The number of amides is 1. The van der Waals surface area contributed by atoms with Crippen LogP contribution in [0.25, 0.3) is 10.9 Å². The first kappa shape index (κ1) is 15.1. The second-order valence-corrected chi connectivity index (χ2v) is 6.58. The topological polar surface area (TPSA) is 49.3 Å². The molecule has 1 aliphatic heterocycles. The molecule has 6 heteroatoms. The number of para-hydroxylation sites is 1. The normalized spacial score (nSPS) is 15.1. The van der Waals surface area contributed by atoms with Crippen LogP contribution in [-0.4, -0.2) is 35.5 Å². The third-order valence-corrected chi connectivity index (χ3v) is 4.66. The van der Waals surface area contributed by atoms with E-state index in [1.54, 1.807) is 6.33 Å². The van der Waals surface area contributed by atoms with Gasteiger partial charge in [0.05, 0.1) is 12.1 Å². The Balaban J connectivity index is 1.64. The van der Waals surface area contributed by atoms with Gasteiger partial charge < -0.3 is 9.80 Å². The van der Waals surface area contributed by atoms with E-state index < -0.39 is 0 Å². The monoisotopic (exact) mass is 382 g/mol. The van der Waals surface area contributed by atoms with Gasteiger partial charge in [-0.2, -0.15) is 0 Å². The van der Waals surface area contributed by atoms with Crippen LogP contribution in [0.15, 0.2) is 59.3 Å². The summed E-state index contributed by atoms with van der Waals surface area (Å²) >= 11 is 3.49.